The van der Waals surface area contributed by atoms with E-state index in [2.05, 4.69) is 4.98 Å². The molecular weight excluding hydrogens is 232 g/mol. The molecule has 92 valence electrons. The fraction of sp³-hybridized carbons (Fsp3) is 0.154. The Balaban J connectivity index is 2.65. The molecule has 0 unspecified atom stereocenters. The first kappa shape index (κ1) is 12.0. The molecule has 0 amide bonds. The van der Waals surface area contributed by atoms with Gasteiger partial charge in [-0.1, -0.05) is 12.1 Å². The monoisotopic (exact) mass is 244 g/mol. The van der Waals surface area contributed by atoms with Crippen LogP contribution in [0, 0.1) is 24.0 Å². The van der Waals surface area contributed by atoms with Gasteiger partial charge in [-0.3, -0.25) is 14.9 Å². The van der Waals surface area contributed by atoms with E-state index >= 15 is 0 Å². The summed E-state index contributed by atoms with van der Waals surface area (Å²) < 4.78 is 0. The van der Waals surface area contributed by atoms with Crippen molar-refractivity contribution in [1.29, 1.82) is 0 Å². The van der Waals surface area contributed by atoms with Crippen molar-refractivity contribution < 1.29 is 4.92 Å². The van der Waals surface area contributed by atoms with Gasteiger partial charge in [-0.2, -0.15) is 0 Å². The molecule has 0 radical (unpaired) electrons. The van der Waals surface area contributed by atoms with Crippen molar-refractivity contribution in [3.63, 3.8) is 0 Å². The Morgan fingerprint density at radius 1 is 1.22 bits per heavy atom. The number of nitrogens with one attached hydrogen (secondary N) is 1. The number of hydrogen-bond acceptors (Lipinski definition) is 3. The predicted octanol–water partition coefficient (Wildman–Crippen LogP) is 2.57. The number of hydrogen-bond donors (Lipinski definition) is 1. The molecule has 0 aliphatic heterocycles. The number of aromatic nitrogens is 1. The van der Waals surface area contributed by atoms with E-state index in [9.17, 15) is 14.9 Å². The van der Waals surface area contributed by atoms with Gasteiger partial charge >= 0.3 is 0 Å². The lowest BCUT2D eigenvalue weighted by Gasteiger charge is -2.06. The molecule has 2 aromatic rings. The van der Waals surface area contributed by atoms with Crippen LogP contribution < -0.4 is 5.56 Å². The van der Waals surface area contributed by atoms with Gasteiger partial charge < -0.3 is 4.98 Å². The fourth-order valence-electron chi connectivity index (χ4n) is 1.84. The zero-order valence-corrected chi connectivity index (χ0v) is 10.1. The summed E-state index contributed by atoms with van der Waals surface area (Å²) >= 11 is 0. The van der Waals surface area contributed by atoms with E-state index in [4.69, 9.17) is 0 Å². The Morgan fingerprint density at radius 2 is 1.94 bits per heavy atom. The third-order valence-corrected chi connectivity index (χ3v) is 2.78. The summed E-state index contributed by atoms with van der Waals surface area (Å²) in [6, 6.07) is 8.09. The molecule has 0 spiro atoms. The number of nitro benzene ring substituents is 1. The highest BCUT2D eigenvalue weighted by molar-refractivity contribution is 5.69. The SMILES string of the molecule is Cc1cc(-c2cccc([N+](=O)[O-])c2)c(C)c(=O)[nH]1. The Bertz CT molecular complexity index is 674. The van der Waals surface area contributed by atoms with Crippen LogP contribution in [0.3, 0.4) is 0 Å². The van der Waals surface area contributed by atoms with E-state index in [0.717, 1.165) is 11.3 Å². The predicted molar refractivity (Wildman–Crippen MR) is 68.6 cm³/mol. The maximum absolute atomic E-state index is 11.7. The van der Waals surface area contributed by atoms with Crippen molar-refractivity contribution in [3.05, 3.63) is 62.1 Å². The van der Waals surface area contributed by atoms with E-state index < -0.39 is 4.92 Å². The van der Waals surface area contributed by atoms with E-state index in [1.54, 1.807) is 26.0 Å². The van der Waals surface area contributed by atoms with Crippen molar-refractivity contribution in [2.45, 2.75) is 13.8 Å². The Hall–Kier alpha value is -2.43. The molecule has 5 heteroatoms. The van der Waals surface area contributed by atoms with Crippen LogP contribution in [0.25, 0.3) is 11.1 Å². The van der Waals surface area contributed by atoms with Gasteiger partial charge in [-0.05, 0) is 31.0 Å². The molecule has 0 aliphatic rings. The van der Waals surface area contributed by atoms with Crippen LogP contribution in [0.5, 0.6) is 0 Å². The molecule has 1 aromatic heterocycles. The molecular formula is C13H12N2O3. The number of H-pyrrole nitrogens is 1. The summed E-state index contributed by atoms with van der Waals surface area (Å²) in [4.78, 5) is 24.7. The summed E-state index contributed by atoms with van der Waals surface area (Å²) in [5, 5.41) is 10.7. The minimum absolute atomic E-state index is 0.0184. The van der Waals surface area contributed by atoms with Crippen LogP contribution in [-0.2, 0) is 0 Å². The summed E-state index contributed by atoms with van der Waals surface area (Å²) in [6.45, 7) is 3.48. The lowest BCUT2D eigenvalue weighted by atomic mass is 10.0. The van der Waals surface area contributed by atoms with Crippen LogP contribution in [0.2, 0.25) is 0 Å². The van der Waals surface area contributed by atoms with Crippen molar-refractivity contribution in [1.82, 2.24) is 4.98 Å². The molecule has 0 bridgehead atoms. The number of pyridine rings is 1. The zero-order valence-electron chi connectivity index (χ0n) is 10.1. The van der Waals surface area contributed by atoms with Gasteiger partial charge in [0.2, 0.25) is 0 Å². The second-order valence-electron chi connectivity index (χ2n) is 4.13. The number of rotatable bonds is 2. The average Bonchev–Trinajstić information content (AvgIpc) is 2.34. The van der Waals surface area contributed by atoms with Gasteiger partial charge in [0.15, 0.2) is 0 Å². The number of nitro groups is 1. The number of aryl methyl sites for hydroxylation is 1. The van der Waals surface area contributed by atoms with E-state index in [-0.39, 0.29) is 11.2 Å². The molecule has 0 atom stereocenters. The first-order chi connectivity index (χ1) is 8.49. The van der Waals surface area contributed by atoms with Crippen LogP contribution in [0.15, 0.2) is 35.1 Å². The average molecular weight is 244 g/mol. The second-order valence-corrected chi connectivity index (χ2v) is 4.13. The third-order valence-electron chi connectivity index (χ3n) is 2.78. The first-order valence-corrected chi connectivity index (χ1v) is 5.44. The smallest absolute Gasteiger partial charge is 0.270 e. The molecule has 2 rings (SSSR count). The van der Waals surface area contributed by atoms with Crippen molar-refractivity contribution in [3.8, 4) is 11.1 Å². The lowest BCUT2D eigenvalue weighted by molar-refractivity contribution is -0.384. The minimum atomic E-state index is -0.446. The molecule has 0 saturated carbocycles. The highest BCUT2D eigenvalue weighted by atomic mass is 16.6. The number of aromatic amines is 1. The van der Waals surface area contributed by atoms with Crippen molar-refractivity contribution in [2.24, 2.45) is 0 Å². The van der Waals surface area contributed by atoms with Gasteiger partial charge in [-0.25, -0.2) is 0 Å². The van der Waals surface area contributed by atoms with Gasteiger partial charge in [0.1, 0.15) is 0 Å². The normalized spacial score (nSPS) is 10.3. The van der Waals surface area contributed by atoms with Gasteiger partial charge in [0, 0.05) is 23.4 Å². The Labute approximate surface area is 103 Å². The standard InChI is InChI=1S/C13H12N2O3/c1-8-6-12(9(2)13(16)14-8)10-4-3-5-11(7-10)15(17)18/h3-7H,1-2H3,(H,14,16). The maximum atomic E-state index is 11.7. The Kier molecular flexibility index (Phi) is 2.97. The highest BCUT2D eigenvalue weighted by Gasteiger charge is 2.10. The molecule has 0 fully saturated rings. The summed E-state index contributed by atoms with van der Waals surface area (Å²) in [5.74, 6) is 0. The maximum Gasteiger partial charge on any atom is 0.270 e. The molecule has 1 heterocycles. The van der Waals surface area contributed by atoms with Crippen LogP contribution >= 0.6 is 0 Å². The molecule has 0 aliphatic carbocycles. The number of non-ortho nitro benzene ring substituents is 1. The molecule has 1 aromatic carbocycles. The third kappa shape index (κ3) is 2.15. The van der Waals surface area contributed by atoms with Gasteiger partial charge in [0.05, 0.1) is 4.92 Å². The zero-order chi connectivity index (χ0) is 13.3. The minimum Gasteiger partial charge on any atom is -0.326 e. The summed E-state index contributed by atoms with van der Waals surface area (Å²) in [7, 11) is 0. The van der Waals surface area contributed by atoms with Crippen molar-refractivity contribution >= 4 is 5.69 Å². The van der Waals surface area contributed by atoms with Crippen molar-refractivity contribution in [2.75, 3.05) is 0 Å². The largest absolute Gasteiger partial charge is 0.326 e. The first-order valence-electron chi connectivity index (χ1n) is 5.44. The van der Waals surface area contributed by atoms with Crippen LogP contribution in [-0.4, -0.2) is 9.91 Å². The van der Waals surface area contributed by atoms with E-state index in [0.29, 0.717) is 11.1 Å². The topological polar surface area (TPSA) is 76.0 Å². The molecule has 0 saturated heterocycles. The summed E-state index contributed by atoms with van der Waals surface area (Å²) in [6.07, 6.45) is 0. The molecule has 18 heavy (non-hydrogen) atoms. The van der Waals surface area contributed by atoms with E-state index in [1.807, 2.05) is 6.07 Å². The quantitative estimate of drug-likeness (QED) is 0.651. The lowest BCUT2D eigenvalue weighted by Crippen LogP contribution is -2.11. The van der Waals surface area contributed by atoms with Crippen LogP contribution in [0.1, 0.15) is 11.3 Å². The van der Waals surface area contributed by atoms with Gasteiger partial charge in [-0.15, -0.1) is 0 Å². The summed E-state index contributed by atoms with van der Waals surface area (Å²) in [5.41, 5.74) is 2.53. The number of benzene rings is 1. The number of nitrogens with zero attached hydrogens (tertiary/aromatic N) is 1. The van der Waals surface area contributed by atoms with E-state index in [1.165, 1.54) is 12.1 Å². The second kappa shape index (κ2) is 4.44. The van der Waals surface area contributed by atoms with Crippen LogP contribution in [0.4, 0.5) is 5.69 Å². The Morgan fingerprint density at radius 3 is 2.61 bits per heavy atom. The molecule has 5 nitrogen and oxygen atoms in total. The van der Waals surface area contributed by atoms with Gasteiger partial charge in [0.25, 0.3) is 11.2 Å². The fourth-order valence-corrected chi connectivity index (χ4v) is 1.84. The molecule has 1 N–H and O–H groups in total. The highest BCUT2D eigenvalue weighted by Crippen LogP contribution is 2.25.